The highest BCUT2D eigenvalue weighted by molar-refractivity contribution is 7.98. The van der Waals surface area contributed by atoms with Gasteiger partial charge < -0.3 is 14.6 Å². The number of aromatic nitrogens is 1. The monoisotopic (exact) mass is 418 g/mol. The first-order chi connectivity index (χ1) is 14.2. The number of nitrogens with zero attached hydrogens (tertiary/aromatic N) is 1. The van der Waals surface area contributed by atoms with Crippen molar-refractivity contribution in [2.24, 2.45) is 7.05 Å². The summed E-state index contributed by atoms with van der Waals surface area (Å²) < 4.78 is 9.17. The molecule has 0 radical (unpaired) electrons. The molecule has 0 spiro atoms. The molecule has 0 bridgehead atoms. The molecule has 2 aliphatic heterocycles. The molecule has 144 valence electrons. The number of fused-ring (bicyclic) bond motifs is 3. The first-order valence-electron chi connectivity index (χ1n) is 9.46. The van der Waals surface area contributed by atoms with E-state index in [-0.39, 0.29) is 18.2 Å². The number of thioether (sulfide) groups is 1. The van der Waals surface area contributed by atoms with Crippen LogP contribution in [0.1, 0.15) is 11.1 Å². The summed E-state index contributed by atoms with van der Waals surface area (Å²) in [7, 11) is 2.04. The molecule has 4 nitrogen and oxygen atoms in total. The van der Waals surface area contributed by atoms with Crippen molar-refractivity contribution in [3.05, 3.63) is 65.2 Å². The highest BCUT2D eigenvalue weighted by Gasteiger charge is 2.50. The van der Waals surface area contributed by atoms with E-state index >= 15 is 0 Å². The van der Waals surface area contributed by atoms with Crippen molar-refractivity contribution in [3.63, 3.8) is 0 Å². The highest BCUT2D eigenvalue weighted by atomic mass is 32.2. The van der Waals surface area contributed by atoms with E-state index < -0.39 is 0 Å². The Hall–Kier alpha value is -2.54. The third kappa shape index (κ3) is 2.53. The van der Waals surface area contributed by atoms with Crippen LogP contribution in [0.3, 0.4) is 0 Å². The fraction of sp³-hybridized carbons (Fsp3) is 0.174. The Balaban J connectivity index is 1.66. The Bertz CT molecular complexity index is 1350. The first-order valence-corrected chi connectivity index (χ1v) is 11.6. The van der Waals surface area contributed by atoms with Crippen molar-refractivity contribution in [3.8, 4) is 0 Å². The molecule has 0 saturated carbocycles. The molecule has 2 aromatic carbocycles. The van der Waals surface area contributed by atoms with E-state index in [4.69, 9.17) is 4.74 Å². The van der Waals surface area contributed by atoms with Crippen LogP contribution in [0.25, 0.3) is 32.1 Å². The van der Waals surface area contributed by atoms with E-state index in [0.29, 0.717) is 0 Å². The average molecular weight is 419 g/mol. The van der Waals surface area contributed by atoms with Gasteiger partial charge in [-0.05, 0) is 35.4 Å². The third-order valence-corrected chi connectivity index (χ3v) is 7.47. The summed E-state index contributed by atoms with van der Waals surface area (Å²) in [6.45, 7) is 0. The van der Waals surface area contributed by atoms with Gasteiger partial charge in [0.15, 0.2) is 6.23 Å². The second-order valence-electron chi connectivity index (χ2n) is 7.42. The van der Waals surface area contributed by atoms with Gasteiger partial charge in [0.2, 0.25) is 0 Å². The average Bonchev–Trinajstić information content (AvgIpc) is 3.26. The summed E-state index contributed by atoms with van der Waals surface area (Å²) in [4.78, 5) is 14.4. The molecule has 4 heterocycles. The van der Waals surface area contributed by atoms with Crippen molar-refractivity contribution in [1.29, 1.82) is 0 Å². The number of rotatable bonds is 3. The van der Waals surface area contributed by atoms with Gasteiger partial charge in [0, 0.05) is 50.3 Å². The number of ether oxygens (including phenoxy) is 1. The van der Waals surface area contributed by atoms with Crippen LogP contribution in [0, 0.1) is 0 Å². The van der Waals surface area contributed by atoms with E-state index in [9.17, 15) is 4.79 Å². The summed E-state index contributed by atoms with van der Waals surface area (Å²) in [5.41, 5.74) is 4.94. The van der Waals surface area contributed by atoms with Crippen molar-refractivity contribution in [1.82, 2.24) is 9.88 Å². The summed E-state index contributed by atoms with van der Waals surface area (Å²) in [6, 6.07) is 14.8. The quantitative estimate of drug-likeness (QED) is 0.381. The number of carbonyl (C=O) groups excluding carboxylic acids is 1. The fourth-order valence-electron chi connectivity index (χ4n) is 4.34. The molecule has 2 aliphatic rings. The molecule has 6 heteroatoms. The minimum atomic E-state index is -0.210. The van der Waals surface area contributed by atoms with Crippen LogP contribution in [0.15, 0.2) is 58.9 Å². The predicted molar refractivity (Wildman–Crippen MR) is 120 cm³/mol. The Morgan fingerprint density at radius 3 is 2.86 bits per heavy atom. The van der Waals surface area contributed by atoms with E-state index in [1.165, 1.54) is 15.0 Å². The number of hydrogen-bond donors (Lipinski definition) is 1. The Morgan fingerprint density at radius 1 is 1.14 bits per heavy atom. The van der Waals surface area contributed by atoms with Gasteiger partial charge in [-0.25, -0.2) is 0 Å². The lowest BCUT2D eigenvalue weighted by Gasteiger charge is -2.17. The van der Waals surface area contributed by atoms with Gasteiger partial charge in [-0.1, -0.05) is 24.3 Å². The van der Waals surface area contributed by atoms with Crippen LogP contribution in [-0.4, -0.2) is 29.1 Å². The Labute approximate surface area is 176 Å². The molecule has 2 aromatic heterocycles. The minimum absolute atomic E-state index is 0.0597. The smallest absolute Gasteiger partial charge is 0.254 e. The van der Waals surface area contributed by atoms with Crippen molar-refractivity contribution in [2.45, 2.75) is 17.2 Å². The summed E-state index contributed by atoms with van der Waals surface area (Å²) in [6.07, 6.45) is 3.85. The molecular formula is C23H18N2O2S2. The topological polar surface area (TPSA) is 46.6 Å². The van der Waals surface area contributed by atoms with Crippen molar-refractivity contribution in [2.75, 3.05) is 6.26 Å². The number of aryl methyl sites for hydroxylation is 1. The molecule has 1 amide bonds. The second kappa shape index (κ2) is 6.23. The van der Waals surface area contributed by atoms with Gasteiger partial charge in [-0.3, -0.25) is 4.79 Å². The standard InChI is InChI=1S/C23H18N2O2S2/c1-25-10-15(13-8-7-12(28-2)9-17(13)25)20-19(21-23(27-21)24-22(20)26)16-11-29-18-6-4-3-5-14(16)18/h3-11,21,23H,1-2H3,(H,24,26). The van der Waals surface area contributed by atoms with Gasteiger partial charge in [0.1, 0.15) is 6.10 Å². The number of benzene rings is 2. The van der Waals surface area contributed by atoms with Crippen LogP contribution < -0.4 is 5.32 Å². The van der Waals surface area contributed by atoms with E-state index in [1.54, 1.807) is 23.1 Å². The molecule has 2 atom stereocenters. The Morgan fingerprint density at radius 2 is 2.00 bits per heavy atom. The summed E-state index contributed by atoms with van der Waals surface area (Å²) in [5.74, 6) is -0.0597. The van der Waals surface area contributed by atoms with Gasteiger partial charge in [-0.2, -0.15) is 0 Å². The number of carbonyl (C=O) groups is 1. The normalized spacial score (nSPS) is 21.0. The molecule has 6 rings (SSSR count). The van der Waals surface area contributed by atoms with Gasteiger partial charge in [0.25, 0.3) is 5.91 Å². The van der Waals surface area contributed by atoms with Crippen LogP contribution in [0.5, 0.6) is 0 Å². The molecule has 1 fully saturated rings. The molecule has 2 unspecified atom stereocenters. The summed E-state index contributed by atoms with van der Waals surface area (Å²) in [5, 5.41) is 7.44. The van der Waals surface area contributed by atoms with Crippen LogP contribution in [0.4, 0.5) is 0 Å². The van der Waals surface area contributed by atoms with E-state index in [2.05, 4.69) is 70.2 Å². The van der Waals surface area contributed by atoms with E-state index in [0.717, 1.165) is 33.2 Å². The predicted octanol–water partition coefficient (Wildman–Crippen LogP) is 4.88. The lowest BCUT2D eigenvalue weighted by Crippen LogP contribution is -2.33. The van der Waals surface area contributed by atoms with Crippen LogP contribution in [0.2, 0.25) is 0 Å². The number of hydrogen-bond acceptors (Lipinski definition) is 4. The molecule has 1 N–H and O–H groups in total. The molecule has 1 saturated heterocycles. The largest absolute Gasteiger partial charge is 0.350 e. The lowest BCUT2D eigenvalue weighted by molar-refractivity contribution is -0.116. The van der Waals surface area contributed by atoms with Crippen molar-refractivity contribution < 1.29 is 9.53 Å². The zero-order valence-corrected chi connectivity index (χ0v) is 17.6. The SMILES string of the molecule is CSc1ccc2c(C3=C(c4csc5ccccc45)C4OC4NC3=O)cn(C)c2c1. The second-order valence-corrected chi connectivity index (χ2v) is 9.21. The fourth-order valence-corrected chi connectivity index (χ4v) is 5.73. The zero-order valence-electron chi connectivity index (χ0n) is 15.9. The minimum Gasteiger partial charge on any atom is -0.350 e. The maximum Gasteiger partial charge on any atom is 0.254 e. The third-order valence-electron chi connectivity index (χ3n) is 5.78. The maximum absolute atomic E-state index is 13.2. The maximum atomic E-state index is 13.2. The lowest BCUT2D eigenvalue weighted by atomic mass is 9.89. The zero-order chi connectivity index (χ0) is 19.7. The Kier molecular flexibility index (Phi) is 3.72. The van der Waals surface area contributed by atoms with Crippen LogP contribution >= 0.6 is 23.1 Å². The molecule has 29 heavy (non-hydrogen) atoms. The highest BCUT2D eigenvalue weighted by Crippen LogP contribution is 2.47. The molecular weight excluding hydrogens is 400 g/mol. The summed E-state index contributed by atoms with van der Waals surface area (Å²) >= 11 is 3.43. The van der Waals surface area contributed by atoms with Gasteiger partial charge >= 0.3 is 0 Å². The molecule has 0 aliphatic carbocycles. The van der Waals surface area contributed by atoms with Gasteiger partial charge in [-0.15, -0.1) is 23.1 Å². The van der Waals surface area contributed by atoms with Crippen LogP contribution in [-0.2, 0) is 16.6 Å². The van der Waals surface area contributed by atoms with Crippen molar-refractivity contribution >= 4 is 61.1 Å². The van der Waals surface area contributed by atoms with Gasteiger partial charge in [0.05, 0.1) is 5.57 Å². The molecule has 4 aromatic rings. The van der Waals surface area contributed by atoms with E-state index in [1.807, 2.05) is 7.05 Å². The number of epoxide rings is 1. The number of amides is 1. The number of nitrogens with one attached hydrogen (secondary N) is 1. The number of thiophene rings is 1. The first kappa shape index (κ1) is 17.3.